The molecule has 0 aromatic carbocycles. The lowest BCUT2D eigenvalue weighted by molar-refractivity contribution is -0.123. The van der Waals surface area contributed by atoms with Gasteiger partial charge in [-0.25, -0.2) is 0 Å². The van der Waals surface area contributed by atoms with Gasteiger partial charge in [-0.1, -0.05) is 13.8 Å². The summed E-state index contributed by atoms with van der Waals surface area (Å²) in [6.45, 7) is 5.68. The number of ether oxygens (including phenoxy) is 1. The average molecular weight is 242 g/mol. The highest BCUT2D eigenvalue weighted by molar-refractivity contribution is 5.81. The number of carbonyl (C=O) groups excluding carboxylic acids is 1. The van der Waals surface area contributed by atoms with Gasteiger partial charge in [0.15, 0.2) is 0 Å². The second-order valence-corrected chi connectivity index (χ2v) is 5.70. The molecule has 1 aliphatic carbocycles. The van der Waals surface area contributed by atoms with Crippen LogP contribution in [0.1, 0.15) is 39.5 Å². The molecule has 17 heavy (non-hydrogen) atoms. The van der Waals surface area contributed by atoms with E-state index in [-0.39, 0.29) is 11.9 Å². The third kappa shape index (κ3) is 5.04. The molecule has 1 atom stereocenters. The van der Waals surface area contributed by atoms with Crippen molar-refractivity contribution in [2.24, 2.45) is 17.1 Å². The molecule has 0 saturated heterocycles. The molecule has 4 heteroatoms. The maximum atomic E-state index is 11.8. The van der Waals surface area contributed by atoms with E-state index in [1.807, 2.05) is 0 Å². The minimum atomic E-state index is -0.367. The van der Waals surface area contributed by atoms with Crippen molar-refractivity contribution in [3.05, 3.63) is 0 Å². The van der Waals surface area contributed by atoms with E-state index in [4.69, 9.17) is 10.5 Å². The summed E-state index contributed by atoms with van der Waals surface area (Å²) in [5, 5.41) is 2.98. The first-order chi connectivity index (χ1) is 7.99. The number of nitrogens with one attached hydrogen (secondary N) is 1. The fraction of sp³-hybridized carbons (Fsp3) is 0.923. The lowest BCUT2D eigenvalue weighted by atomic mass is 10.0. The van der Waals surface area contributed by atoms with E-state index in [0.29, 0.717) is 11.3 Å². The van der Waals surface area contributed by atoms with Crippen molar-refractivity contribution in [1.82, 2.24) is 5.32 Å². The maximum Gasteiger partial charge on any atom is 0.236 e. The van der Waals surface area contributed by atoms with Crippen LogP contribution in [0.5, 0.6) is 0 Å². The molecule has 0 bridgehead atoms. The van der Waals surface area contributed by atoms with Crippen molar-refractivity contribution >= 4 is 5.91 Å². The fourth-order valence-electron chi connectivity index (χ4n) is 2.03. The average Bonchev–Trinajstić information content (AvgIpc) is 3.03. The summed E-state index contributed by atoms with van der Waals surface area (Å²) < 4.78 is 5.09. The van der Waals surface area contributed by atoms with E-state index in [0.717, 1.165) is 26.0 Å². The first kappa shape index (κ1) is 14.5. The Labute approximate surface area is 104 Å². The highest BCUT2D eigenvalue weighted by Crippen LogP contribution is 2.48. The Morgan fingerprint density at radius 2 is 2.12 bits per heavy atom. The van der Waals surface area contributed by atoms with Gasteiger partial charge in [-0.15, -0.1) is 0 Å². The van der Waals surface area contributed by atoms with Crippen molar-refractivity contribution in [3.63, 3.8) is 0 Å². The number of rotatable bonds is 8. The molecule has 100 valence electrons. The first-order valence-corrected chi connectivity index (χ1v) is 6.51. The van der Waals surface area contributed by atoms with E-state index in [2.05, 4.69) is 19.2 Å². The van der Waals surface area contributed by atoms with Gasteiger partial charge >= 0.3 is 0 Å². The fourth-order valence-corrected chi connectivity index (χ4v) is 2.03. The van der Waals surface area contributed by atoms with Crippen LogP contribution in [0.25, 0.3) is 0 Å². The minimum absolute atomic E-state index is 0.0117. The predicted molar refractivity (Wildman–Crippen MR) is 68.6 cm³/mol. The molecule has 0 aliphatic heterocycles. The topological polar surface area (TPSA) is 64.3 Å². The summed E-state index contributed by atoms with van der Waals surface area (Å²) in [6, 6.07) is -0.367. The minimum Gasteiger partial charge on any atom is -0.385 e. The molecule has 3 N–H and O–H groups in total. The summed E-state index contributed by atoms with van der Waals surface area (Å²) in [5.41, 5.74) is 6.13. The van der Waals surface area contributed by atoms with Crippen LogP contribution in [0.15, 0.2) is 0 Å². The van der Waals surface area contributed by atoms with Crippen LogP contribution < -0.4 is 11.1 Å². The molecule has 0 spiro atoms. The Morgan fingerprint density at radius 3 is 2.59 bits per heavy atom. The zero-order valence-electron chi connectivity index (χ0n) is 11.3. The normalized spacial score (nSPS) is 19.1. The largest absolute Gasteiger partial charge is 0.385 e. The van der Waals surface area contributed by atoms with Gasteiger partial charge in [0.2, 0.25) is 5.91 Å². The predicted octanol–water partition coefficient (Wildman–Crippen LogP) is 1.29. The van der Waals surface area contributed by atoms with Crippen LogP contribution in [-0.2, 0) is 9.53 Å². The van der Waals surface area contributed by atoms with E-state index in [1.54, 1.807) is 7.11 Å². The molecule has 1 fully saturated rings. The highest BCUT2D eigenvalue weighted by Gasteiger charge is 2.42. The third-order valence-electron chi connectivity index (χ3n) is 3.49. The molecule has 0 heterocycles. The lowest BCUT2D eigenvalue weighted by Crippen LogP contribution is -2.43. The van der Waals surface area contributed by atoms with Crippen LogP contribution in [0, 0.1) is 11.3 Å². The number of methoxy groups -OCH3 is 1. The van der Waals surface area contributed by atoms with Crippen LogP contribution in [0.3, 0.4) is 0 Å². The SMILES string of the molecule is COCCC1(CNC(=O)[C@H](N)CC(C)C)CC1. The van der Waals surface area contributed by atoms with Gasteiger partial charge in [0.1, 0.15) is 0 Å². The molecular weight excluding hydrogens is 216 g/mol. The second-order valence-electron chi connectivity index (χ2n) is 5.70. The molecule has 4 nitrogen and oxygen atoms in total. The van der Waals surface area contributed by atoms with Crippen molar-refractivity contribution in [1.29, 1.82) is 0 Å². The number of amides is 1. The highest BCUT2D eigenvalue weighted by atomic mass is 16.5. The van der Waals surface area contributed by atoms with Gasteiger partial charge < -0.3 is 15.8 Å². The number of nitrogens with two attached hydrogens (primary N) is 1. The van der Waals surface area contributed by atoms with Gasteiger partial charge in [-0.3, -0.25) is 4.79 Å². The molecule has 0 aromatic rings. The van der Waals surface area contributed by atoms with Crippen molar-refractivity contribution in [3.8, 4) is 0 Å². The molecule has 0 unspecified atom stereocenters. The zero-order valence-corrected chi connectivity index (χ0v) is 11.3. The zero-order chi connectivity index (χ0) is 12.9. The van der Waals surface area contributed by atoms with Crippen LogP contribution >= 0.6 is 0 Å². The summed E-state index contributed by atoms with van der Waals surface area (Å²) in [4.78, 5) is 11.8. The number of carbonyl (C=O) groups is 1. The molecule has 1 aliphatic rings. The quantitative estimate of drug-likeness (QED) is 0.674. The summed E-state index contributed by atoms with van der Waals surface area (Å²) in [6.07, 6.45) is 4.16. The monoisotopic (exact) mass is 242 g/mol. The first-order valence-electron chi connectivity index (χ1n) is 6.51. The van der Waals surface area contributed by atoms with Crippen molar-refractivity contribution in [2.45, 2.75) is 45.6 Å². The van der Waals surface area contributed by atoms with E-state index in [1.165, 1.54) is 12.8 Å². The molecule has 0 radical (unpaired) electrons. The Hall–Kier alpha value is -0.610. The number of hydrogen-bond donors (Lipinski definition) is 2. The molecule has 1 amide bonds. The van der Waals surface area contributed by atoms with Crippen LogP contribution in [0.2, 0.25) is 0 Å². The summed E-state index contributed by atoms with van der Waals surface area (Å²) in [7, 11) is 1.72. The maximum absolute atomic E-state index is 11.8. The molecule has 0 aromatic heterocycles. The molecular formula is C13H26N2O2. The Kier molecular flexibility index (Phi) is 5.40. The molecule has 1 rings (SSSR count). The molecule has 1 saturated carbocycles. The van der Waals surface area contributed by atoms with Crippen LogP contribution in [0.4, 0.5) is 0 Å². The van der Waals surface area contributed by atoms with E-state index in [9.17, 15) is 4.79 Å². The van der Waals surface area contributed by atoms with Crippen molar-refractivity contribution < 1.29 is 9.53 Å². The van der Waals surface area contributed by atoms with E-state index < -0.39 is 0 Å². The Balaban J connectivity index is 2.23. The standard InChI is InChI=1S/C13H26N2O2/c1-10(2)8-11(14)12(16)15-9-13(4-5-13)6-7-17-3/h10-11H,4-9,14H2,1-3H3,(H,15,16)/t11-/m1/s1. The van der Waals surface area contributed by atoms with Crippen LogP contribution in [-0.4, -0.2) is 32.2 Å². The Bertz CT molecular complexity index is 250. The van der Waals surface area contributed by atoms with Gasteiger partial charge in [0.25, 0.3) is 0 Å². The Morgan fingerprint density at radius 1 is 1.47 bits per heavy atom. The summed E-state index contributed by atoms with van der Waals surface area (Å²) >= 11 is 0. The smallest absolute Gasteiger partial charge is 0.236 e. The lowest BCUT2D eigenvalue weighted by Gasteiger charge is -2.18. The van der Waals surface area contributed by atoms with Gasteiger partial charge in [0.05, 0.1) is 6.04 Å². The third-order valence-corrected chi connectivity index (χ3v) is 3.49. The van der Waals surface area contributed by atoms with Gasteiger partial charge in [0, 0.05) is 20.3 Å². The van der Waals surface area contributed by atoms with Gasteiger partial charge in [-0.05, 0) is 37.0 Å². The second kappa shape index (κ2) is 6.36. The summed E-state index contributed by atoms with van der Waals surface area (Å²) in [5.74, 6) is 0.446. The van der Waals surface area contributed by atoms with Gasteiger partial charge in [-0.2, -0.15) is 0 Å². The number of hydrogen-bond acceptors (Lipinski definition) is 3. The van der Waals surface area contributed by atoms with Crippen molar-refractivity contribution in [2.75, 3.05) is 20.3 Å². The van der Waals surface area contributed by atoms with E-state index >= 15 is 0 Å².